The van der Waals surface area contributed by atoms with Crippen molar-refractivity contribution in [3.8, 4) is 0 Å². The Morgan fingerprint density at radius 1 is 1.27 bits per heavy atom. The summed E-state index contributed by atoms with van der Waals surface area (Å²) in [5.74, 6) is -0.623. The van der Waals surface area contributed by atoms with E-state index in [1.165, 1.54) is 0 Å². The van der Waals surface area contributed by atoms with Crippen LogP contribution in [0.2, 0.25) is 0 Å². The summed E-state index contributed by atoms with van der Waals surface area (Å²) in [5, 5.41) is 0. The lowest BCUT2D eigenvalue weighted by Crippen LogP contribution is -2.29. The van der Waals surface area contributed by atoms with E-state index >= 15 is 0 Å². The molecule has 82 valence electrons. The fourth-order valence-electron chi connectivity index (χ4n) is 1.98. The van der Waals surface area contributed by atoms with Crippen LogP contribution in [-0.2, 0) is 20.0 Å². The Labute approximate surface area is 90.0 Å². The Morgan fingerprint density at radius 3 is 2.53 bits per heavy atom. The molecule has 3 nitrogen and oxygen atoms in total. The summed E-state index contributed by atoms with van der Waals surface area (Å²) in [7, 11) is 3.33. The molecule has 0 spiro atoms. The summed E-state index contributed by atoms with van der Waals surface area (Å²) in [6.07, 6.45) is 1.52. The van der Waals surface area contributed by atoms with Crippen LogP contribution in [0.5, 0.6) is 0 Å². The smallest absolute Gasteiger partial charge is 0.197 e. The van der Waals surface area contributed by atoms with E-state index in [9.17, 15) is 0 Å². The first-order chi connectivity index (χ1) is 7.30. The molecule has 0 N–H and O–H groups in total. The average molecular weight is 208 g/mol. The molecule has 3 heteroatoms. The Hall–Kier alpha value is -0.900. The Kier molecular flexibility index (Phi) is 3.05. The Morgan fingerprint density at radius 2 is 2.00 bits per heavy atom. The predicted molar refractivity (Wildman–Crippen MR) is 56.2 cm³/mol. The molecule has 0 bridgehead atoms. The highest BCUT2D eigenvalue weighted by molar-refractivity contribution is 5.21. The minimum Gasteiger partial charge on any atom is -0.356 e. The van der Waals surface area contributed by atoms with Crippen molar-refractivity contribution in [2.75, 3.05) is 14.2 Å². The van der Waals surface area contributed by atoms with Crippen LogP contribution in [0, 0.1) is 0 Å². The number of rotatable bonds is 3. The highest BCUT2D eigenvalue weighted by Crippen LogP contribution is 2.39. The molecule has 0 aromatic heterocycles. The second-order valence-electron chi connectivity index (χ2n) is 3.64. The Balaban J connectivity index is 2.24. The van der Waals surface area contributed by atoms with Crippen molar-refractivity contribution in [3.63, 3.8) is 0 Å². The van der Waals surface area contributed by atoms with Crippen molar-refractivity contribution >= 4 is 0 Å². The molecule has 1 aliphatic heterocycles. The third-order valence-electron chi connectivity index (χ3n) is 2.84. The molecule has 2 rings (SSSR count). The summed E-state index contributed by atoms with van der Waals surface area (Å²) in [5.41, 5.74) is 1.05. The molecule has 0 aliphatic carbocycles. The van der Waals surface area contributed by atoms with Crippen LogP contribution in [0.25, 0.3) is 0 Å². The maximum absolute atomic E-state index is 5.79. The standard InChI is InChI=1S/C12H16O3/c1-13-11-8-9-12(14-2,15-11)10-6-4-3-5-7-10/h3-7,11H,8-9H2,1-2H3. The van der Waals surface area contributed by atoms with Gasteiger partial charge in [-0.15, -0.1) is 0 Å². The van der Waals surface area contributed by atoms with Crippen molar-refractivity contribution in [2.45, 2.75) is 24.9 Å². The zero-order valence-corrected chi connectivity index (χ0v) is 9.10. The first-order valence-electron chi connectivity index (χ1n) is 5.12. The Bertz CT molecular complexity index is 312. The van der Waals surface area contributed by atoms with Gasteiger partial charge in [0.05, 0.1) is 0 Å². The molecule has 2 atom stereocenters. The van der Waals surface area contributed by atoms with Crippen LogP contribution in [0.4, 0.5) is 0 Å². The lowest BCUT2D eigenvalue weighted by molar-refractivity contribution is -0.263. The quantitative estimate of drug-likeness (QED) is 0.762. The molecular weight excluding hydrogens is 192 g/mol. The van der Waals surface area contributed by atoms with Crippen LogP contribution in [0.3, 0.4) is 0 Å². The van der Waals surface area contributed by atoms with E-state index in [1.54, 1.807) is 14.2 Å². The zero-order chi connectivity index (χ0) is 10.7. The summed E-state index contributed by atoms with van der Waals surface area (Å²) >= 11 is 0. The van der Waals surface area contributed by atoms with Crippen LogP contribution in [0.1, 0.15) is 18.4 Å². The predicted octanol–water partition coefficient (Wildman–Crippen LogP) is 2.27. The molecule has 0 radical (unpaired) electrons. The zero-order valence-electron chi connectivity index (χ0n) is 9.10. The molecule has 1 saturated heterocycles. The van der Waals surface area contributed by atoms with E-state index in [0.29, 0.717) is 0 Å². The average Bonchev–Trinajstić information content (AvgIpc) is 2.75. The second-order valence-corrected chi connectivity index (χ2v) is 3.64. The molecule has 1 heterocycles. The number of ether oxygens (including phenoxy) is 3. The highest BCUT2D eigenvalue weighted by Gasteiger charge is 2.42. The van der Waals surface area contributed by atoms with E-state index in [0.717, 1.165) is 18.4 Å². The summed E-state index contributed by atoms with van der Waals surface area (Å²) < 4.78 is 16.5. The minimum absolute atomic E-state index is 0.162. The molecule has 1 fully saturated rings. The maximum Gasteiger partial charge on any atom is 0.197 e. The number of methoxy groups -OCH3 is 2. The topological polar surface area (TPSA) is 27.7 Å². The molecule has 2 unspecified atom stereocenters. The van der Waals surface area contributed by atoms with E-state index in [2.05, 4.69) is 0 Å². The van der Waals surface area contributed by atoms with Gasteiger partial charge >= 0.3 is 0 Å². The number of hydrogen-bond donors (Lipinski definition) is 0. The lowest BCUT2D eigenvalue weighted by atomic mass is 10.0. The third-order valence-corrected chi connectivity index (χ3v) is 2.84. The second kappa shape index (κ2) is 4.31. The molecule has 1 aromatic carbocycles. The van der Waals surface area contributed by atoms with Crippen molar-refractivity contribution in [1.29, 1.82) is 0 Å². The molecule has 15 heavy (non-hydrogen) atoms. The van der Waals surface area contributed by atoms with Gasteiger partial charge in [-0.05, 0) is 0 Å². The van der Waals surface area contributed by atoms with Gasteiger partial charge in [0.2, 0.25) is 0 Å². The van der Waals surface area contributed by atoms with Gasteiger partial charge in [0.25, 0.3) is 0 Å². The molecule has 1 aromatic rings. The molecule has 0 saturated carbocycles. The number of hydrogen-bond acceptors (Lipinski definition) is 3. The van der Waals surface area contributed by atoms with Gasteiger partial charge in [0.15, 0.2) is 12.1 Å². The summed E-state index contributed by atoms with van der Waals surface area (Å²) in [6, 6.07) is 9.98. The monoisotopic (exact) mass is 208 g/mol. The van der Waals surface area contributed by atoms with Gasteiger partial charge in [-0.25, -0.2) is 0 Å². The van der Waals surface area contributed by atoms with Gasteiger partial charge in [-0.2, -0.15) is 0 Å². The SMILES string of the molecule is COC1CCC(OC)(c2ccccc2)O1. The van der Waals surface area contributed by atoms with Crippen molar-refractivity contribution in [2.24, 2.45) is 0 Å². The first kappa shape index (κ1) is 10.6. The lowest BCUT2D eigenvalue weighted by Gasteiger charge is -2.27. The van der Waals surface area contributed by atoms with Crippen molar-refractivity contribution in [1.82, 2.24) is 0 Å². The van der Waals surface area contributed by atoms with Crippen LogP contribution < -0.4 is 0 Å². The molecular formula is C12H16O3. The highest BCUT2D eigenvalue weighted by atomic mass is 16.8. The number of benzene rings is 1. The maximum atomic E-state index is 5.79. The van der Waals surface area contributed by atoms with Gasteiger partial charge in [0.1, 0.15) is 0 Å². The summed E-state index contributed by atoms with van der Waals surface area (Å²) in [4.78, 5) is 0. The molecule has 1 aliphatic rings. The van der Waals surface area contributed by atoms with Crippen LogP contribution in [0.15, 0.2) is 30.3 Å². The van der Waals surface area contributed by atoms with Crippen molar-refractivity contribution < 1.29 is 14.2 Å². The van der Waals surface area contributed by atoms with Gasteiger partial charge in [0, 0.05) is 32.6 Å². The van der Waals surface area contributed by atoms with Crippen molar-refractivity contribution in [3.05, 3.63) is 35.9 Å². The fourth-order valence-corrected chi connectivity index (χ4v) is 1.98. The molecule has 0 amide bonds. The third kappa shape index (κ3) is 1.91. The normalized spacial score (nSPS) is 30.7. The van der Waals surface area contributed by atoms with Gasteiger partial charge in [-0.1, -0.05) is 30.3 Å². The van der Waals surface area contributed by atoms with Crippen LogP contribution in [-0.4, -0.2) is 20.5 Å². The van der Waals surface area contributed by atoms with E-state index < -0.39 is 5.79 Å². The largest absolute Gasteiger partial charge is 0.356 e. The summed E-state index contributed by atoms with van der Waals surface area (Å²) in [6.45, 7) is 0. The minimum atomic E-state index is -0.623. The van der Waals surface area contributed by atoms with E-state index in [-0.39, 0.29) is 6.29 Å². The first-order valence-corrected chi connectivity index (χ1v) is 5.12. The van der Waals surface area contributed by atoms with Gasteiger partial charge in [-0.3, -0.25) is 0 Å². The van der Waals surface area contributed by atoms with Crippen LogP contribution >= 0.6 is 0 Å². The van der Waals surface area contributed by atoms with Gasteiger partial charge < -0.3 is 14.2 Å². The van der Waals surface area contributed by atoms with E-state index in [1.807, 2.05) is 30.3 Å². The fraction of sp³-hybridized carbons (Fsp3) is 0.500. The van der Waals surface area contributed by atoms with E-state index in [4.69, 9.17) is 14.2 Å².